The summed E-state index contributed by atoms with van der Waals surface area (Å²) in [7, 11) is 0. The number of carbonyl (C=O) groups is 1. The Hall–Kier alpha value is -1.59. The predicted octanol–water partition coefficient (Wildman–Crippen LogP) is -1.16. The van der Waals surface area contributed by atoms with Crippen molar-refractivity contribution in [2.24, 2.45) is 10.9 Å². The third-order valence-corrected chi connectivity index (χ3v) is 0.578. The zero-order valence-electron chi connectivity index (χ0n) is 4.33. The average molecular weight is 131 g/mol. The van der Waals surface area contributed by atoms with Crippen molar-refractivity contribution in [3.8, 4) is 0 Å². The van der Waals surface area contributed by atoms with E-state index < -0.39 is 17.5 Å². The molecule has 0 aliphatic carbocycles. The van der Waals surface area contributed by atoms with Gasteiger partial charge in [0.05, 0.1) is 0 Å². The molecule has 0 saturated heterocycles. The number of carboxylic acids is 1. The van der Waals surface area contributed by atoms with E-state index >= 15 is 0 Å². The Labute approximate surface area is 50.1 Å². The minimum Gasteiger partial charge on any atom is -0.476 e. The number of rotatable bonds is 2. The maximum absolute atomic E-state index is 9.80. The molecule has 6 heteroatoms. The first kappa shape index (κ1) is 7.41. The summed E-state index contributed by atoms with van der Waals surface area (Å²) >= 11 is 0. The van der Waals surface area contributed by atoms with Gasteiger partial charge in [-0.1, -0.05) is 5.16 Å². The van der Waals surface area contributed by atoms with Crippen molar-refractivity contribution in [2.75, 3.05) is 0 Å². The lowest BCUT2D eigenvalue weighted by molar-refractivity contribution is -0.129. The van der Waals surface area contributed by atoms with Crippen LogP contribution in [0, 0.1) is 5.41 Å². The number of oxime groups is 1. The summed E-state index contributed by atoms with van der Waals surface area (Å²) in [5.41, 5.74) is 3.79. The highest BCUT2D eigenvalue weighted by Gasteiger charge is 2.10. The first-order chi connectivity index (χ1) is 4.09. The molecular weight excluding hydrogens is 126 g/mol. The Bertz CT molecular complexity index is 173. The van der Waals surface area contributed by atoms with Crippen LogP contribution >= 0.6 is 0 Å². The van der Waals surface area contributed by atoms with Gasteiger partial charge in [0, 0.05) is 0 Å². The first-order valence-electron chi connectivity index (χ1n) is 1.89. The van der Waals surface area contributed by atoms with Gasteiger partial charge < -0.3 is 16.0 Å². The van der Waals surface area contributed by atoms with Gasteiger partial charge in [-0.15, -0.1) is 0 Å². The molecule has 0 aliphatic rings. The highest BCUT2D eigenvalue weighted by Crippen LogP contribution is 1.72. The van der Waals surface area contributed by atoms with Gasteiger partial charge in [-0.2, -0.15) is 0 Å². The van der Waals surface area contributed by atoms with E-state index in [1.807, 2.05) is 0 Å². The Morgan fingerprint density at radius 3 is 2.22 bits per heavy atom. The van der Waals surface area contributed by atoms with Crippen molar-refractivity contribution < 1.29 is 15.1 Å². The summed E-state index contributed by atoms with van der Waals surface area (Å²) < 4.78 is 0. The summed E-state index contributed by atoms with van der Waals surface area (Å²) in [6.07, 6.45) is 0. The average Bonchev–Trinajstić information content (AvgIpc) is 1.84. The predicted molar refractivity (Wildman–Crippen MR) is 28.8 cm³/mol. The summed E-state index contributed by atoms with van der Waals surface area (Å²) in [6.45, 7) is 0. The van der Waals surface area contributed by atoms with Gasteiger partial charge in [-0.3, -0.25) is 5.41 Å². The van der Waals surface area contributed by atoms with E-state index in [1.165, 1.54) is 0 Å². The lowest BCUT2D eigenvalue weighted by Gasteiger charge is -1.90. The van der Waals surface area contributed by atoms with E-state index in [0.29, 0.717) is 0 Å². The Morgan fingerprint density at radius 1 is 1.67 bits per heavy atom. The lowest BCUT2D eigenvalue weighted by atomic mass is 10.4. The summed E-state index contributed by atoms with van der Waals surface area (Å²) in [6, 6.07) is 0. The number of carboxylic acid groups (broad SMARTS) is 1. The van der Waals surface area contributed by atoms with Crippen molar-refractivity contribution in [1.29, 1.82) is 5.41 Å². The standard InChI is InChI=1S/C3H5N3O3/c4-1(3(7)8)2(5)6-9/h4,9H,(H2,5,6)(H,7,8). The van der Waals surface area contributed by atoms with Gasteiger partial charge >= 0.3 is 5.97 Å². The Kier molecular flexibility index (Phi) is 2.18. The van der Waals surface area contributed by atoms with Crippen molar-refractivity contribution >= 4 is 17.5 Å². The van der Waals surface area contributed by atoms with Gasteiger partial charge in [0.1, 0.15) is 0 Å². The number of aliphatic carboxylic acids is 1. The molecule has 0 bridgehead atoms. The van der Waals surface area contributed by atoms with E-state index in [2.05, 4.69) is 5.16 Å². The summed E-state index contributed by atoms with van der Waals surface area (Å²) in [5.74, 6) is -2.23. The maximum Gasteiger partial charge on any atom is 0.357 e. The fraction of sp³-hybridized carbons (Fsp3) is 0. The molecule has 5 N–H and O–H groups in total. The molecule has 0 fully saturated rings. The van der Waals surface area contributed by atoms with Gasteiger partial charge in [-0.25, -0.2) is 4.79 Å². The van der Waals surface area contributed by atoms with Crippen LogP contribution in [0.15, 0.2) is 5.16 Å². The third-order valence-electron chi connectivity index (χ3n) is 0.578. The van der Waals surface area contributed by atoms with Crippen molar-refractivity contribution in [2.45, 2.75) is 0 Å². The highest BCUT2D eigenvalue weighted by atomic mass is 16.4. The van der Waals surface area contributed by atoms with Crippen LogP contribution in [-0.4, -0.2) is 27.8 Å². The monoisotopic (exact) mass is 131 g/mol. The fourth-order valence-corrected chi connectivity index (χ4v) is 0.160. The first-order valence-corrected chi connectivity index (χ1v) is 1.89. The van der Waals surface area contributed by atoms with Crippen molar-refractivity contribution in [3.63, 3.8) is 0 Å². The lowest BCUT2D eigenvalue weighted by Crippen LogP contribution is -2.29. The molecular formula is C3H5N3O3. The van der Waals surface area contributed by atoms with E-state index in [0.717, 1.165) is 0 Å². The van der Waals surface area contributed by atoms with E-state index in [1.54, 1.807) is 0 Å². The van der Waals surface area contributed by atoms with Gasteiger partial charge in [0.15, 0.2) is 11.5 Å². The van der Waals surface area contributed by atoms with Gasteiger partial charge in [0.2, 0.25) is 0 Å². The highest BCUT2D eigenvalue weighted by molar-refractivity contribution is 6.63. The minimum absolute atomic E-state index is 0.706. The second-order valence-electron chi connectivity index (χ2n) is 1.17. The molecule has 0 aromatic carbocycles. The van der Waals surface area contributed by atoms with E-state index in [4.69, 9.17) is 21.5 Å². The van der Waals surface area contributed by atoms with Gasteiger partial charge in [-0.05, 0) is 0 Å². The van der Waals surface area contributed by atoms with Crippen LogP contribution in [0.3, 0.4) is 0 Å². The van der Waals surface area contributed by atoms with Crippen LogP contribution in [0.4, 0.5) is 0 Å². The number of nitrogens with zero attached hydrogens (tertiary/aromatic N) is 1. The molecule has 9 heavy (non-hydrogen) atoms. The van der Waals surface area contributed by atoms with Crippen molar-refractivity contribution in [1.82, 2.24) is 0 Å². The smallest absolute Gasteiger partial charge is 0.357 e. The number of hydrogen-bond donors (Lipinski definition) is 4. The molecule has 50 valence electrons. The van der Waals surface area contributed by atoms with Crippen LogP contribution in [0.25, 0.3) is 0 Å². The molecule has 0 unspecified atom stereocenters. The largest absolute Gasteiger partial charge is 0.476 e. The quantitative estimate of drug-likeness (QED) is 0.163. The molecule has 0 amide bonds. The third kappa shape index (κ3) is 1.76. The molecule has 0 spiro atoms. The second kappa shape index (κ2) is 2.65. The van der Waals surface area contributed by atoms with Crippen LogP contribution in [0.1, 0.15) is 0 Å². The molecule has 0 aromatic heterocycles. The number of amidine groups is 1. The zero-order chi connectivity index (χ0) is 7.44. The summed E-state index contributed by atoms with van der Waals surface area (Å²) in [4.78, 5) is 9.80. The number of nitrogens with two attached hydrogens (primary N) is 1. The number of hydrogen-bond acceptors (Lipinski definition) is 4. The molecule has 0 heterocycles. The number of nitrogens with one attached hydrogen (secondary N) is 1. The maximum atomic E-state index is 9.80. The summed E-state index contributed by atoms with van der Waals surface area (Å²) in [5, 5.41) is 24.6. The molecule has 0 radical (unpaired) electrons. The van der Waals surface area contributed by atoms with Crippen LogP contribution in [-0.2, 0) is 4.79 Å². The van der Waals surface area contributed by atoms with Crippen LogP contribution in [0.5, 0.6) is 0 Å². The zero-order valence-corrected chi connectivity index (χ0v) is 4.33. The fourth-order valence-electron chi connectivity index (χ4n) is 0.160. The SMILES string of the molecule is N=C(C(=O)O)/C(N)=N\O. The van der Waals surface area contributed by atoms with Crippen LogP contribution < -0.4 is 5.73 Å². The topological polar surface area (TPSA) is 120 Å². The Morgan fingerprint density at radius 2 is 2.11 bits per heavy atom. The van der Waals surface area contributed by atoms with Gasteiger partial charge in [0.25, 0.3) is 0 Å². The minimum atomic E-state index is -1.52. The Balaban J connectivity index is 4.23. The molecule has 0 saturated carbocycles. The normalized spacial score (nSPS) is 10.9. The molecule has 0 aromatic rings. The van der Waals surface area contributed by atoms with E-state index in [9.17, 15) is 4.79 Å². The molecule has 0 rings (SSSR count). The van der Waals surface area contributed by atoms with E-state index in [-0.39, 0.29) is 0 Å². The molecule has 0 atom stereocenters. The molecule has 0 aliphatic heterocycles. The molecule has 6 nitrogen and oxygen atoms in total. The second-order valence-corrected chi connectivity index (χ2v) is 1.17. The van der Waals surface area contributed by atoms with Crippen molar-refractivity contribution in [3.05, 3.63) is 0 Å². The van der Waals surface area contributed by atoms with Crippen LogP contribution in [0.2, 0.25) is 0 Å².